The molecule has 0 bridgehead atoms. The van der Waals surface area contributed by atoms with Crippen molar-refractivity contribution in [3.8, 4) is 0 Å². The SMILES string of the molecule is C=C/C=C/N=C\NNc1cn(CC2=CCc3cc(Br)ccc32)c2ccc(F)cc12. The molecule has 1 aliphatic rings. The van der Waals surface area contributed by atoms with E-state index in [1.165, 1.54) is 29.1 Å². The number of nitrogens with zero attached hydrogens (tertiary/aromatic N) is 2. The van der Waals surface area contributed by atoms with Crippen molar-refractivity contribution in [1.29, 1.82) is 0 Å². The molecule has 0 amide bonds. The number of rotatable bonds is 7. The standard InChI is InChI=1S/C23H20BrFN4/c1-2-3-10-26-15-27-28-22-14-29(23-9-7-19(25)12-21(22)23)13-17-5-4-16-11-18(24)6-8-20(16)17/h2-3,5-12,14-15,28H,1,4,13H2,(H,26,27)/b10-3+. The largest absolute Gasteiger partial charge is 0.341 e. The molecule has 1 heterocycles. The van der Waals surface area contributed by atoms with Crippen molar-refractivity contribution in [2.75, 3.05) is 5.43 Å². The van der Waals surface area contributed by atoms with Gasteiger partial charge in [0, 0.05) is 28.8 Å². The highest BCUT2D eigenvalue weighted by molar-refractivity contribution is 9.10. The Balaban J connectivity index is 1.60. The number of benzene rings is 2. The Morgan fingerprint density at radius 3 is 3.00 bits per heavy atom. The summed E-state index contributed by atoms with van der Waals surface area (Å²) in [6.45, 7) is 4.31. The zero-order chi connectivity index (χ0) is 20.2. The van der Waals surface area contributed by atoms with Crippen LogP contribution in [0, 0.1) is 5.82 Å². The molecular formula is C23H20BrFN4. The van der Waals surface area contributed by atoms with Gasteiger partial charge in [0.05, 0.1) is 11.2 Å². The summed E-state index contributed by atoms with van der Waals surface area (Å²) in [5, 5.41) is 0.808. The third kappa shape index (κ3) is 4.17. The third-order valence-electron chi connectivity index (χ3n) is 4.82. The van der Waals surface area contributed by atoms with E-state index in [1.807, 2.05) is 12.3 Å². The quantitative estimate of drug-likeness (QED) is 0.206. The second-order valence-electron chi connectivity index (χ2n) is 6.69. The number of allylic oxidation sites excluding steroid dienone is 4. The van der Waals surface area contributed by atoms with Gasteiger partial charge in [-0.05, 0) is 59.5 Å². The number of aliphatic imine (C=N–C) groups is 1. The molecule has 0 unspecified atom stereocenters. The van der Waals surface area contributed by atoms with Crippen LogP contribution >= 0.6 is 15.9 Å². The molecule has 1 aromatic heterocycles. The van der Waals surface area contributed by atoms with E-state index in [2.05, 4.69) is 67.2 Å². The van der Waals surface area contributed by atoms with Crippen molar-refractivity contribution in [3.05, 3.63) is 95.0 Å². The average molecular weight is 451 g/mol. The minimum Gasteiger partial charge on any atom is -0.341 e. The Morgan fingerprint density at radius 2 is 2.14 bits per heavy atom. The number of hydrogen-bond donors (Lipinski definition) is 2. The molecule has 0 saturated heterocycles. The molecule has 4 rings (SSSR count). The summed E-state index contributed by atoms with van der Waals surface area (Å²) in [6.07, 6.45) is 11.7. The molecule has 2 N–H and O–H groups in total. The van der Waals surface area contributed by atoms with Crippen LogP contribution in [0.15, 0.2) is 83.1 Å². The van der Waals surface area contributed by atoms with Gasteiger partial charge in [0.1, 0.15) is 12.2 Å². The Labute approximate surface area is 177 Å². The van der Waals surface area contributed by atoms with Crippen molar-refractivity contribution in [1.82, 2.24) is 9.99 Å². The molecule has 0 atom stereocenters. The van der Waals surface area contributed by atoms with E-state index < -0.39 is 0 Å². The molecule has 2 aromatic carbocycles. The second kappa shape index (κ2) is 8.49. The van der Waals surface area contributed by atoms with Gasteiger partial charge in [0.15, 0.2) is 0 Å². The van der Waals surface area contributed by atoms with Crippen molar-refractivity contribution in [3.63, 3.8) is 0 Å². The van der Waals surface area contributed by atoms with E-state index in [9.17, 15) is 4.39 Å². The summed E-state index contributed by atoms with van der Waals surface area (Å²) in [7, 11) is 0. The maximum atomic E-state index is 13.9. The molecule has 0 spiro atoms. The van der Waals surface area contributed by atoms with Crippen LogP contribution in [0.25, 0.3) is 16.5 Å². The van der Waals surface area contributed by atoms with E-state index in [0.29, 0.717) is 6.54 Å². The van der Waals surface area contributed by atoms with Crippen LogP contribution in [0.2, 0.25) is 0 Å². The first-order valence-corrected chi connectivity index (χ1v) is 10.0. The number of hydrogen-bond acceptors (Lipinski definition) is 2. The predicted molar refractivity (Wildman–Crippen MR) is 122 cm³/mol. The van der Waals surface area contributed by atoms with Gasteiger partial charge >= 0.3 is 0 Å². The van der Waals surface area contributed by atoms with Crippen LogP contribution < -0.4 is 10.9 Å². The Morgan fingerprint density at radius 1 is 1.24 bits per heavy atom. The van der Waals surface area contributed by atoms with Gasteiger partial charge in [-0.3, -0.25) is 10.9 Å². The minimum atomic E-state index is -0.267. The summed E-state index contributed by atoms with van der Waals surface area (Å²) in [6, 6.07) is 11.2. The summed E-state index contributed by atoms with van der Waals surface area (Å²) < 4.78 is 17.1. The Bertz CT molecular complexity index is 1160. The lowest BCUT2D eigenvalue weighted by Gasteiger charge is -2.09. The van der Waals surface area contributed by atoms with E-state index in [4.69, 9.17) is 0 Å². The van der Waals surface area contributed by atoms with Gasteiger partial charge in [-0.25, -0.2) is 9.38 Å². The smallest absolute Gasteiger partial charge is 0.124 e. The number of aromatic nitrogens is 1. The van der Waals surface area contributed by atoms with Crippen molar-refractivity contribution < 1.29 is 4.39 Å². The summed E-state index contributed by atoms with van der Waals surface area (Å²) in [4.78, 5) is 4.05. The zero-order valence-corrected chi connectivity index (χ0v) is 17.3. The van der Waals surface area contributed by atoms with E-state index in [-0.39, 0.29) is 5.82 Å². The van der Waals surface area contributed by atoms with Gasteiger partial charge in [-0.15, -0.1) is 0 Å². The second-order valence-corrected chi connectivity index (χ2v) is 7.61. The van der Waals surface area contributed by atoms with Crippen LogP contribution in [-0.2, 0) is 13.0 Å². The maximum absolute atomic E-state index is 13.9. The topological polar surface area (TPSA) is 41.4 Å². The predicted octanol–water partition coefficient (Wildman–Crippen LogP) is 5.83. The van der Waals surface area contributed by atoms with Crippen molar-refractivity contribution in [2.45, 2.75) is 13.0 Å². The van der Waals surface area contributed by atoms with Crippen LogP contribution in [0.3, 0.4) is 0 Å². The molecule has 0 saturated carbocycles. The minimum absolute atomic E-state index is 0.267. The lowest BCUT2D eigenvalue weighted by atomic mass is 10.1. The highest BCUT2D eigenvalue weighted by Gasteiger charge is 2.17. The molecule has 3 aromatic rings. The molecule has 0 aliphatic heterocycles. The summed E-state index contributed by atoms with van der Waals surface area (Å²) in [5.74, 6) is -0.267. The van der Waals surface area contributed by atoms with Crippen LogP contribution in [-0.4, -0.2) is 10.9 Å². The zero-order valence-electron chi connectivity index (χ0n) is 15.7. The fraction of sp³-hybridized carbons (Fsp3) is 0.0870. The Hall–Kier alpha value is -3.12. The first-order valence-electron chi connectivity index (χ1n) is 9.22. The van der Waals surface area contributed by atoms with Crippen LogP contribution in [0.4, 0.5) is 10.1 Å². The normalized spacial score (nSPS) is 13.2. The summed E-state index contributed by atoms with van der Waals surface area (Å²) in [5.41, 5.74) is 11.6. The van der Waals surface area contributed by atoms with Crippen molar-refractivity contribution in [2.24, 2.45) is 4.99 Å². The van der Waals surface area contributed by atoms with E-state index >= 15 is 0 Å². The fourth-order valence-corrected chi connectivity index (χ4v) is 3.93. The van der Waals surface area contributed by atoms with Gasteiger partial charge in [-0.1, -0.05) is 40.7 Å². The lowest BCUT2D eigenvalue weighted by Crippen LogP contribution is -2.18. The average Bonchev–Trinajstić information content (AvgIpc) is 3.25. The molecule has 0 radical (unpaired) electrons. The molecule has 29 heavy (non-hydrogen) atoms. The number of hydrazine groups is 1. The van der Waals surface area contributed by atoms with E-state index in [0.717, 1.165) is 27.5 Å². The molecule has 1 aliphatic carbocycles. The highest BCUT2D eigenvalue weighted by atomic mass is 79.9. The van der Waals surface area contributed by atoms with Gasteiger partial charge in [0.2, 0.25) is 0 Å². The van der Waals surface area contributed by atoms with Gasteiger partial charge in [-0.2, -0.15) is 0 Å². The lowest BCUT2D eigenvalue weighted by molar-refractivity contribution is 0.629. The van der Waals surface area contributed by atoms with Crippen LogP contribution in [0.5, 0.6) is 0 Å². The number of halogens is 2. The van der Waals surface area contributed by atoms with Crippen molar-refractivity contribution >= 4 is 44.4 Å². The Kier molecular flexibility index (Phi) is 5.62. The molecule has 6 heteroatoms. The molecular weight excluding hydrogens is 431 g/mol. The first-order chi connectivity index (χ1) is 14.2. The fourth-order valence-electron chi connectivity index (χ4n) is 3.52. The van der Waals surface area contributed by atoms with E-state index in [1.54, 1.807) is 24.4 Å². The first kappa shape index (κ1) is 19.2. The number of nitrogens with one attached hydrogen (secondary N) is 2. The third-order valence-corrected chi connectivity index (χ3v) is 5.31. The molecule has 4 nitrogen and oxygen atoms in total. The highest BCUT2D eigenvalue weighted by Crippen LogP contribution is 2.33. The monoisotopic (exact) mass is 450 g/mol. The summed E-state index contributed by atoms with van der Waals surface area (Å²) >= 11 is 3.54. The maximum Gasteiger partial charge on any atom is 0.124 e. The molecule has 146 valence electrons. The number of anilines is 1. The van der Waals surface area contributed by atoms with Gasteiger partial charge in [0.25, 0.3) is 0 Å². The van der Waals surface area contributed by atoms with Crippen LogP contribution in [0.1, 0.15) is 11.1 Å². The number of fused-ring (bicyclic) bond motifs is 2. The molecule has 0 fully saturated rings. The van der Waals surface area contributed by atoms with Gasteiger partial charge < -0.3 is 4.57 Å².